The molecular formula is C28H32N8O6. The molecule has 220 valence electrons. The van der Waals surface area contributed by atoms with E-state index in [1.165, 1.54) is 36.4 Å². The summed E-state index contributed by atoms with van der Waals surface area (Å²) in [5.41, 5.74) is 15.1. The summed E-state index contributed by atoms with van der Waals surface area (Å²) in [4.78, 5) is 20.8. The number of hydrogen-bond acceptors (Lipinski definition) is 12. The molecule has 4 aromatic rings. The number of nitro benzene ring substituents is 2. The Morgan fingerprint density at radius 1 is 0.524 bits per heavy atom. The lowest BCUT2D eigenvalue weighted by atomic mass is 10.2. The van der Waals surface area contributed by atoms with Gasteiger partial charge in [-0.15, -0.1) is 0 Å². The summed E-state index contributed by atoms with van der Waals surface area (Å²) in [6.07, 6.45) is 0. The number of ether oxygens (including phenoxy) is 2. The van der Waals surface area contributed by atoms with E-state index in [2.05, 4.69) is 21.3 Å². The Morgan fingerprint density at radius 2 is 0.810 bits per heavy atom. The molecule has 0 fully saturated rings. The van der Waals surface area contributed by atoms with Crippen LogP contribution in [-0.4, -0.2) is 38.0 Å². The lowest BCUT2D eigenvalue weighted by molar-refractivity contribution is -0.384. The normalized spacial score (nSPS) is 10.0. The highest BCUT2D eigenvalue weighted by atomic mass is 16.6. The first-order valence-electron chi connectivity index (χ1n) is 12.5. The lowest BCUT2D eigenvalue weighted by Crippen LogP contribution is -1.98. The van der Waals surface area contributed by atoms with E-state index in [1.807, 2.05) is 38.4 Å². The number of nitro groups is 2. The molecule has 0 heterocycles. The van der Waals surface area contributed by atoms with E-state index in [0.717, 1.165) is 11.4 Å². The van der Waals surface area contributed by atoms with Gasteiger partial charge in [0.2, 0.25) is 0 Å². The summed E-state index contributed by atoms with van der Waals surface area (Å²) in [7, 11) is 6.77. The van der Waals surface area contributed by atoms with Crippen molar-refractivity contribution in [1.29, 1.82) is 0 Å². The number of nitrogens with two attached hydrogens (primary N) is 2. The number of hydrogen-bond donors (Lipinski definition) is 6. The zero-order valence-corrected chi connectivity index (χ0v) is 23.4. The Bertz CT molecular complexity index is 1470. The zero-order chi connectivity index (χ0) is 30.8. The molecule has 0 atom stereocenters. The molecule has 0 amide bonds. The fourth-order valence-electron chi connectivity index (χ4n) is 3.78. The summed E-state index contributed by atoms with van der Waals surface area (Å²) in [5.74, 6) is 2.17. The minimum absolute atomic E-state index is 0.0699. The molecule has 0 spiro atoms. The second-order valence-electron chi connectivity index (χ2n) is 8.57. The van der Waals surface area contributed by atoms with Crippen LogP contribution in [0.15, 0.2) is 72.8 Å². The third kappa shape index (κ3) is 7.59. The Morgan fingerprint density at radius 3 is 1.10 bits per heavy atom. The predicted molar refractivity (Wildman–Crippen MR) is 166 cm³/mol. The number of benzene rings is 4. The molecule has 0 aliphatic carbocycles. The van der Waals surface area contributed by atoms with Gasteiger partial charge in [-0.3, -0.25) is 20.2 Å². The number of anilines is 6. The van der Waals surface area contributed by atoms with Crippen LogP contribution in [0.1, 0.15) is 0 Å². The highest BCUT2D eigenvalue weighted by Gasteiger charge is 2.16. The molecule has 0 radical (unpaired) electrons. The van der Waals surface area contributed by atoms with Gasteiger partial charge in [-0.1, -0.05) is 0 Å². The number of nitrogen functional groups attached to an aromatic ring is 2. The molecule has 8 N–H and O–H groups in total. The van der Waals surface area contributed by atoms with Crippen molar-refractivity contribution >= 4 is 45.5 Å². The molecular weight excluding hydrogens is 544 g/mol. The summed E-state index contributed by atoms with van der Waals surface area (Å²) in [6.45, 7) is 0. The highest BCUT2D eigenvalue weighted by Crippen LogP contribution is 2.34. The van der Waals surface area contributed by atoms with Crippen molar-refractivity contribution in [3.05, 3.63) is 93.0 Å². The van der Waals surface area contributed by atoms with Crippen LogP contribution in [0.4, 0.5) is 45.5 Å². The van der Waals surface area contributed by atoms with Gasteiger partial charge in [-0.05, 0) is 36.4 Å². The molecule has 42 heavy (non-hydrogen) atoms. The average molecular weight is 577 g/mol. The van der Waals surface area contributed by atoms with Gasteiger partial charge in [0.05, 0.1) is 32.6 Å². The summed E-state index contributed by atoms with van der Waals surface area (Å²) in [6, 6.07) is 19.5. The van der Waals surface area contributed by atoms with Crippen molar-refractivity contribution in [1.82, 2.24) is 0 Å². The monoisotopic (exact) mass is 576 g/mol. The van der Waals surface area contributed by atoms with Gasteiger partial charge in [-0.25, -0.2) is 0 Å². The van der Waals surface area contributed by atoms with Crippen molar-refractivity contribution in [2.45, 2.75) is 0 Å². The first-order chi connectivity index (χ1) is 20.1. The van der Waals surface area contributed by atoms with Crippen LogP contribution >= 0.6 is 0 Å². The van der Waals surface area contributed by atoms with Gasteiger partial charge in [0.15, 0.2) is 0 Å². The van der Waals surface area contributed by atoms with Crippen LogP contribution in [0, 0.1) is 20.2 Å². The highest BCUT2D eigenvalue weighted by molar-refractivity contribution is 5.70. The van der Waals surface area contributed by atoms with E-state index in [1.54, 1.807) is 26.2 Å². The van der Waals surface area contributed by atoms with E-state index >= 15 is 0 Å². The fraction of sp³-hybridized carbons (Fsp3) is 0.143. The van der Waals surface area contributed by atoms with Gasteiger partial charge < -0.3 is 42.2 Å². The van der Waals surface area contributed by atoms with Crippen LogP contribution in [0.3, 0.4) is 0 Å². The van der Waals surface area contributed by atoms with Crippen LogP contribution in [-0.2, 0) is 0 Å². The first kappa shape index (κ1) is 30.6. The molecule has 0 unspecified atom stereocenters. The zero-order valence-electron chi connectivity index (χ0n) is 23.4. The second kappa shape index (κ2) is 13.9. The van der Waals surface area contributed by atoms with Crippen molar-refractivity contribution in [3.8, 4) is 23.0 Å². The van der Waals surface area contributed by atoms with Gasteiger partial charge in [0.25, 0.3) is 11.4 Å². The fourth-order valence-corrected chi connectivity index (χ4v) is 3.78. The van der Waals surface area contributed by atoms with Crippen molar-refractivity contribution in [3.63, 3.8) is 0 Å². The third-order valence-electron chi connectivity index (χ3n) is 5.93. The first-order valence-corrected chi connectivity index (χ1v) is 12.5. The largest absolute Gasteiger partial charge is 0.457 e. The predicted octanol–water partition coefficient (Wildman–Crippen LogP) is 6.11. The maximum absolute atomic E-state index is 10.9. The van der Waals surface area contributed by atoms with E-state index < -0.39 is 9.85 Å². The van der Waals surface area contributed by atoms with Crippen LogP contribution < -0.4 is 42.2 Å². The molecule has 14 heteroatoms. The van der Waals surface area contributed by atoms with E-state index in [0.29, 0.717) is 45.7 Å². The molecule has 4 rings (SSSR count). The maximum Gasteiger partial charge on any atom is 0.292 e. The summed E-state index contributed by atoms with van der Waals surface area (Å²) < 4.78 is 11.4. The van der Waals surface area contributed by atoms with Gasteiger partial charge >= 0.3 is 0 Å². The molecule has 4 aromatic carbocycles. The minimum atomic E-state index is -0.499. The van der Waals surface area contributed by atoms with Crippen molar-refractivity contribution in [2.24, 2.45) is 0 Å². The summed E-state index contributed by atoms with van der Waals surface area (Å²) in [5, 5.41) is 33.3. The topological polar surface area (TPSA) is 205 Å². The molecule has 0 bridgehead atoms. The Kier molecular flexibility index (Phi) is 10.2. The Labute approximate surface area is 241 Å². The van der Waals surface area contributed by atoms with Crippen molar-refractivity contribution < 1.29 is 19.3 Å². The number of nitrogens with zero attached hydrogens (tertiary/aromatic N) is 2. The van der Waals surface area contributed by atoms with Gasteiger partial charge in [0.1, 0.15) is 34.4 Å². The second-order valence-corrected chi connectivity index (χ2v) is 8.57. The standard InChI is InChI=1S/C14H14N4O5.C14H18N4O/c1-15-11-7-9(3-5-13(11)17(19)20)23-10-4-6-14(18(21)22)12(8-10)16-2;1-17-13-7-9(3-5-11(13)15)19-10-4-6-12(16)14(8-10)18-2/h3-8,15-16H,1-2H3;3-8,17-18H,15-16H2,1-2H3. The van der Waals surface area contributed by atoms with Crippen LogP contribution in [0.2, 0.25) is 0 Å². The quantitative estimate of drug-likeness (QED) is 0.0719. The third-order valence-corrected chi connectivity index (χ3v) is 5.93. The van der Waals surface area contributed by atoms with E-state index in [9.17, 15) is 20.2 Å². The van der Waals surface area contributed by atoms with E-state index in [-0.39, 0.29) is 11.4 Å². The summed E-state index contributed by atoms with van der Waals surface area (Å²) >= 11 is 0. The van der Waals surface area contributed by atoms with Crippen molar-refractivity contribution in [2.75, 3.05) is 60.9 Å². The Hall–Kier alpha value is -5.92. The maximum atomic E-state index is 10.9. The molecule has 0 aliphatic heterocycles. The Balaban J connectivity index is 0.000000235. The minimum Gasteiger partial charge on any atom is -0.457 e. The smallest absolute Gasteiger partial charge is 0.292 e. The van der Waals surface area contributed by atoms with Gasteiger partial charge in [-0.2, -0.15) is 0 Å². The molecule has 0 saturated carbocycles. The van der Waals surface area contributed by atoms with E-state index in [4.69, 9.17) is 20.9 Å². The molecule has 0 aliphatic rings. The average Bonchev–Trinajstić information content (AvgIpc) is 2.98. The molecule has 0 saturated heterocycles. The van der Waals surface area contributed by atoms with Crippen LogP contribution in [0.25, 0.3) is 0 Å². The lowest BCUT2D eigenvalue weighted by Gasteiger charge is -2.11. The van der Waals surface area contributed by atoms with Crippen LogP contribution in [0.5, 0.6) is 23.0 Å². The van der Waals surface area contributed by atoms with Gasteiger partial charge in [0, 0.05) is 64.6 Å². The number of rotatable bonds is 10. The molecule has 14 nitrogen and oxygen atoms in total. The molecule has 0 aromatic heterocycles. The SMILES string of the molecule is CNc1cc(Oc2ccc(N)c(NC)c2)ccc1N.CNc1cc(Oc2ccc([N+](=O)[O-])c(NC)c2)ccc1[N+](=O)[O-]. The number of nitrogens with one attached hydrogen (secondary N) is 4.